The van der Waals surface area contributed by atoms with Crippen LogP contribution in [0.25, 0.3) is 0 Å². The smallest absolute Gasteiger partial charge is 0.276 e. The summed E-state index contributed by atoms with van der Waals surface area (Å²) in [6.07, 6.45) is 0. The minimum Gasteiger partial charge on any atom is -0.438 e. The molecule has 1 heterocycles. The molecule has 0 radical (unpaired) electrons. The van der Waals surface area contributed by atoms with Crippen molar-refractivity contribution in [3.8, 4) is 11.6 Å². The zero-order valence-electron chi connectivity index (χ0n) is 11.0. The topological polar surface area (TPSA) is 116 Å². The predicted octanol–water partition coefficient (Wildman–Crippen LogP) is 2.11. The summed E-state index contributed by atoms with van der Waals surface area (Å²) < 4.78 is 5.55. The molecule has 0 aliphatic rings. The van der Waals surface area contributed by atoms with Gasteiger partial charge in [-0.25, -0.2) is 0 Å². The maximum atomic E-state index is 10.9. The SMILES string of the molecule is CNc1cc(Oc2cccc([N+](=O)[O-])c2C)nc(N)n1. The molecular weight excluding hydrogens is 262 g/mol. The number of hydrogen-bond acceptors (Lipinski definition) is 7. The largest absolute Gasteiger partial charge is 0.438 e. The molecule has 0 fully saturated rings. The Morgan fingerprint density at radius 2 is 2.15 bits per heavy atom. The molecule has 2 rings (SSSR count). The van der Waals surface area contributed by atoms with E-state index in [9.17, 15) is 10.1 Å². The Kier molecular flexibility index (Phi) is 3.65. The van der Waals surface area contributed by atoms with E-state index in [0.717, 1.165) is 0 Å². The number of aromatic nitrogens is 2. The van der Waals surface area contributed by atoms with E-state index in [4.69, 9.17) is 10.5 Å². The van der Waals surface area contributed by atoms with Gasteiger partial charge in [0.05, 0.1) is 10.5 Å². The molecule has 1 aromatic heterocycles. The first kappa shape index (κ1) is 13.5. The molecular formula is C12H13N5O3. The van der Waals surface area contributed by atoms with Gasteiger partial charge in [-0.2, -0.15) is 9.97 Å². The Hall–Kier alpha value is -2.90. The Labute approximate surface area is 114 Å². The molecule has 1 aromatic carbocycles. The molecule has 0 saturated carbocycles. The number of hydrogen-bond donors (Lipinski definition) is 2. The van der Waals surface area contributed by atoms with E-state index in [2.05, 4.69) is 15.3 Å². The van der Waals surface area contributed by atoms with Crippen LogP contribution in [0.3, 0.4) is 0 Å². The summed E-state index contributed by atoms with van der Waals surface area (Å²) in [5.41, 5.74) is 5.96. The Balaban J connectivity index is 2.37. The minimum absolute atomic E-state index is 0.0154. The second-order valence-electron chi connectivity index (χ2n) is 3.96. The van der Waals surface area contributed by atoms with E-state index in [-0.39, 0.29) is 17.5 Å². The molecule has 0 amide bonds. The summed E-state index contributed by atoms with van der Waals surface area (Å²) in [5, 5.41) is 13.7. The number of nitro groups is 1. The second kappa shape index (κ2) is 5.39. The van der Waals surface area contributed by atoms with Crippen LogP contribution >= 0.6 is 0 Å². The molecule has 2 aromatic rings. The zero-order chi connectivity index (χ0) is 14.7. The fourth-order valence-corrected chi connectivity index (χ4v) is 1.65. The van der Waals surface area contributed by atoms with Gasteiger partial charge < -0.3 is 15.8 Å². The average molecular weight is 275 g/mol. The highest BCUT2D eigenvalue weighted by molar-refractivity contribution is 5.50. The number of anilines is 2. The Bertz CT molecular complexity index is 660. The first-order chi connectivity index (χ1) is 9.51. The van der Waals surface area contributed by atoms with Crippen LogP contribution in [0.4, 0.5) is 17.5 Å². The van der Waals surface area contributed by atoms with Crippen molar-refractivity contribution in [2.45, 2.75) is 6.92 Å². The van der Waals surface area contributed by atoms with Crippen LogP contribution in [0.15, 0.2) is 24.3 Å². The van der Waals surface area contributed by atoms with Gasteiger partial charge in [-0.1, -0.05) is 6.07 Å². The van der Waals surface area contributed by atoms with Crippen molar-refractivity contribution in [2.24, 2.45) is 0 Å². The Morgan fingerprint density at radius 3 is 2.80 bits per heavy atom. The van der Waals surface area contributed by atoms with Crippen LogP contribution in [0.1, 0.15) is 5.56 Å². The van der Waals surface area contributed by atoms with Gasteiger partial charge in [0, 0.05) is 19.2 Å². The van der Waals surface area contributed by atoms with Gasteiger partial charge in [0.25, 0.3) is 5.69 Å². The van der Waals surface area contributed by atoms with Crippen LogP contribution in [0, 0.1) is 17.0 Å². The summed E-state index contributed by atoms with van der Waals surface area (Å²) in [6.45, 7) is 1.61. The van der Waals surface area contributed by atoms with Crippen LogP contribution < -0.4 is 15.8 Å². The second-order valence-corrected chi connectivity index (χ2v) is 3.96. The molecule has 0 atom stereocenters. The summed E-state index contributed by atoms with van der Waals surface area (Å²) >= 11 is 0. The number of benzene rings is 1. The third kappa shape index (κ3) is 2.74. The van der Waals surface area contributed by atoms with Crippen LogP contribution in [0.2, 0.25) is 0 Å². The molecule has 8 nitrogen and oxygen atoms in total. The fraction of sp³-hybridized carbons (Fsp3) is 0.167. The normalized spacial score (nSPS) is 10.1. The van der Waals surface area contributed by atoms with E-state index in [1.54, 1.807) is 32.2 Å². The number of nitrogens with zero attached hydrogens (tertiary/aromatic N) is 3. The van der Waals surface area contributed by atoms with Crippen molar-refractivity contribution in [3.63, 3.8) is 0 Å². The number of nitro benzene ring substituents is 1. The third-order valence-corrected chi connectivity index (χ3v) is 2.64. The van der Waals surface area contributed by atoms with Crippen molar-refractivity contribution in [1.29, 1.82) is 0 Å². The molecule has 20 heavy (non-hydrogen) atoms. The highest BCUT2D eigenvalue weighted by Gasteiger charge is 2.15. The van der Waals surface area contributed by atoms with Gasteiger partial charge in [-0.05, 0) is 13.0 Å². The lowest BCUT2D eigenvalue weighted by Crippen LogP contribution is -2.02. The summed E-state index contributed by atoms with van der Waals surface area (Å²) in [7, 11) is 1.68. The summed E-state index contributed by atoms with van der Waals surface area (Å²) in [5.74, 6) is 1.11. The van der Waals surface area contributed by atoms with Crippen molar-refractivity contribution in [3.05, 3.63) is 39.9 Å². The monoisotopic (exact) mass is 275 g/mol. The highest BCUT2D eigenvalue weighted by atomic mass is 16.6. The maximum absolute atomic E-state index is 10.9. The first-order valence-corrected chi connectivity index (χ1v) is 5.75. The van der Waals surface area contributed by atoms with Gasteiger partial charge >= 0.3 is 0 Å². The van der Waals surface area contributed by atoms with Crippen LogP contribution in [-0.4, -0.2) is 21.9 Å². The zero-order valence-corrected chi connectivity index (χ0v) is 11.0. The van der Waals surface area contributed by atoms with E-state index in [1.165, 1.54) is 6.07 Å². The molecule has 0 unspecified atom stereocenters. The summed E-state index contributed by atoms with van der Waals surface area (Å²) in [4.78, 5) is 18.3. The van der Waals surface area contributed by atoms with Crippen molar-refractivity contribution in [1.82, 2.24) is 9.97 Å². The number of nitrogens with one attached hydrogen (secondary N) is 1. The molecule has 0 bridgehead atoms. The molecule has 3 N–H and O–H groups in total. The van der Waals surface area contributed by atoms with Crippen LogP contribution in [-0.2, 0) is 0 Å². The average Bonchev–Trinajstić information content (AvgIpc) is 2.40. The number of ether oxygens (including phenoxy) is 1. The molecule has 0 saturated heterocycles. The van der Waals surface area contributed by atoms with E-state index in [1.807, 2.05) is 0 Å². The lowest BCUT2D eigenvalue weighted by atomic mass is 10.2. The van der Waals surface area contributed by atoms with Gasteiger partial charge in [-0.3, -0.25) is 10.1 Å². The van der Waals surface area contributed by atoms with Gasteiger partial charge in [0.2, 0.25) is 11.8 Å². The van der Waals surface area contributed by atoms with Crippen molar-refractivity contribution in [2.75, 3.05) is 18.1 Å². The molecule has 0 spiro atoms. The molecule has 0 aliphatic heterocycles. The van der Waals surface area contributed by atoms with Crippen LogP contribution in [0.5, 0.6) is 11.6 Å². The quantitative estimate of drug-likeness (QED) is 0.648. The number of nitrogen functional groups attached to an aromatic ring is 1. The van der Waals surface area contributed by atoms with Gasteiger partial charge in [-0.15, -0.1) is 0 Å². The lowest BCUT2D eigenvalue weighted by Gasteiger charge is -2.09. The minimum atomic E-state index is -0.463. The maximum Gasteiger partial charge on any atom is 0.276 e. The van der Waals surface area contributed by atoms with E-state index in [0.29, 0.717) is 17.1 Å². The molecule has 8 heteroatoms. The van der Waals surface area contributed by atoms with Gasteiger partial charge in [0.15, 0.2) is 0 Å². The van der Waals surface area contributed by atoms with E-state index < -0.39 is 4.92 Å². The highest BCUT2D eigenvalue weighted by Crippen LogP contribution is 2.30. The van der Waals surface area contributed by atoms with Crippen molar-refractivity contribution >= 4 is 17.5 Å². The van der Waals surface area contributed by atoms with Gasteiger partial charge in [0.1, 0.15) is 11.6 Å². The molecule has 0 aliphatic carbocycles. The number of rotatable bonds is 4. The third-order valence-electron chi connectivity index (χ3n) is 2.64. The Morgan fingerprint density at radius 1 is 1.40 bits per heavy atom. The summed E-state index contributed by atoms with van der Waals surface area (Å²) in [6, 6.07) is 6.13. The predicted molar refractivity (Wildman–Crippen MR) is 73.9 cm³/mol. The lowest BCUT2D eigenvalue weighted by molar-refractivity contribution is -0.385. The van der Waals surface area contributed by atoms with E-state index >= 15 is 0 Å². The van der Waals surface area contributed by atoms with Crippen molar-refractivity contribution < 1.29 is 9.66 Å². The standard InChI is InChI=1S/C12H13N5O3/c1-7-8(17(18)19)4-3-5-9(7)20-11-6-10(14-2)15-12(13)16-11/h3-6H,1-2H3,(H3,13,14,15,16). The first-order valence-electron chi connectivity index (χ1n) is 5.75. The fourth-order valence-electron chi connectivity index (χ4n) is 1.65. The molecule has 104 valence electrons. The number of nitrogens with two attached hydrogens (primary N) is 1.